The van der Waals surface area contributed by atoms with E-state index in [2.05, 4.69) is 31.4 Å². The Morgan fingerprint density at radius 1 is 1.29 bits per heavy atom. The van der Waals surface area contributed by atoms with Gasteiger partial charge >= 0.3 is 6.03 Å². The van der Waals surface area contributed by atoms with Crippen LogP contribution < -0.4 is 10.6 Å². The van der Waals surface area contributed by atoms with Gasteiger partial charge in [-0.3, -0.25) is 0 Å². The third-order valence-corrected chi connectivity index (χ3v) is 4.22. The molecule has 2 N–H and O–H groups in total. The zero-order valence-corrected chi connectivity index (χ0v) is 14.7. The van der Waals surface area contributed by atoms with Crippen LogP contribution in [0.15, 0.2) is 24.3 Å². The number of amides is 2. The molecule has 134 valence electrons. The van der Waals surface area contributed by atoms with Crippen molar-refractivity contribution >= 4 is 11.7 Å². The lowest BCUT2D eigenvalue weighted by molar-refractivity contribution is 0.00782. The van der Waals surface area contributed by atoms with E-state index in [0.717, 1.165) is 13.3 Å². The molecule has 2 amide bonds. The summed E-state index contributed by atoms with van der Waals surface area (Å²) in [5.74, 6) is -2.68. The van der Waals surface area contributed by atoms with Gasteiger partial charge in [0.05, 0.1) is 6.10 Å². The number of hydrogen-bond acceptors (Lipinski definition) is 2. The van der Waals surface area contributed by atoms with Gasteiger partial charge < -0.3 is 15.4 Å². The second-order valence-electron chi connectivity index (χ2n) is 7.51. The van der Waals surface area contributed by atoms with E-state index in [4.69, 9.17) is 4.74 Å². The van der Waals surface area contributed by atoms with E-state index in [1.165, 1.54) is 18.2 Å². The summed E-state index contributed by atoms with van der Waals surface area (Å²) < 4.78 is 32.5. The Morgan fingerprint density at radius 2 is 2.00 bits per heavy atom. The fraction of sp³-hybridized carbons (Fsp3) is 0.611. The van der Waals surface area contributed by atoms with Gasteiger partial charge in [-0.1, -0.05) is 32.9 Å². The molecule has 1 aromatic rings. The molecule has 1 aliphatic rings. The highest BCUT2D eigenvalue weighted by atomic mass is 19.3. The van der Waals surface area contributed by atoms with E-state index >= 15 is 0 Å². The first-order chi connectivity index (χ1) is 11.1. The van der Waals surface area contributed by atoms with Crippen molar-refractivity contribution in [2.24, 2.45) is 11.3 Å². The zero-order valence-electron chi connectivity index (χ0n) is 14.7. The minimum absolute atomic E-state index is 0.0142. The van der Waals surface area contributed by atoms with Crippen LogP contribution in [0.3, 0.4) is 0 Å². The van der Waals surface area contributed by atoms with E-state index in [1.807, 2.05) is 0 Å². The maximum Gasteiger partial charge on any atom is 0.319 e. The lowest BCUT2D eigenvalue weighted by Gasteiger charge is -2.31. The fourth-order valence-corrected chi connectivity index (χ4v) is 3.07. The number of ether oxygens (including phenoxy) is 1. The average Bonchev–Trinajstić information content (AvgIpc) is 2.93. The molecular weight excluding hydrogens is 314 g/mol. The lowest BCUT2D eigenvalue weighted by atomic mass is 9.81. The second-order valence-corrected chi connectivity index (χ2v) is 7.51. The summed E-state index contributed by atoms with van der Waals surface area (Å²) in [6.07, 6.45) is 1.000. The molecule has 2 atom stereocenters. The Morgan fingerprint density at radius 3 is 2.62 bits per heavy atom. The zero-order chi connectivity index (χ0) is 18.0. The molecule has 0 aromatic heterocycles. The molecule has 0 bridgehead atoms. The number of nitrogens with one attached hydrogen (secondary N) is 2. The number of carbonyl (C=O) groups is 1. The van der Waals surface area contributed by atoms with Gasteiger partial charge in [0.1, 0.15) is 0 Å². The topological polar surface area (TPSA) is 50.4 Å². The molecule has 6 heteroatoms. The Hall–Kier alpha value is -1.69. The number of hydrogen-bond donors (Lipinski definition) is 2. The highest BCUT2D eigenvalue weighted by Crippen LogP contribution is 2.34. The molecule has 0 saturated carbocycles. The number of alkyl halides is 2. The first kappa shape index (κ1) is 18.6. The van der Waals surface area contributed by atoms with Gasteiger partial charge in [0.15, 0.2) is 0 Å². The monoisotopic (exact) mass is 340 g/mol. The van der Waals surface area contributed by atoms with Crippen molar-refractivity contribution < 1.29 is 18.3 Å². The Balaban J connectivity index is 1.90. The van der Waals surface area contributed by atoms with Crippen LogP contribution in [0, 0.1) is 11.3 Å². The van der Waals surface area contributed by atoms with Gasteiger partial charge in [0.25, 0.3) is 5.92 Å². The smallest absolute Gasteiger partial charge is 0.319 e. The fourth-order valence-electron chi connectivity index (χ4n) is 3.07. The van der Waals surface area contributed by atoms with Crippen molar-refractivity contribution in [3.63, 3.8) is 0 Å². The number of anilines is 1. The molecule has 0 radical (unpaired) electrons. The van der Waals surface area contributed by atoms with E-state index < -0.39 is 12.0 Å². The van der Waals surface area contributed by atoms with Gasteiger partial charge in [-0.15, -0.1) is 0 Å². The van der Waals surface area contributed by atoms with Crippen LogP contribution in [0.4, 0.5) is 19.3 Å². The number of halogens is 2. The molecule has 0 spiro atoms. The molecule has 1 heterocycles. The van der Waals surface area contributed by atoms with Crippen molar-refractivity contribution in [1.82, 2.24) is 5.32 Å². The van der Waals surface area contributed by atoms with E-state index in [-0.39, 0.29) is 23.0 Å². The predicted molar refractivity (Wildman–Crippen MR) is 90.3 cm³/mol. The highest BCUT2D eigenvalue weighted by molar-refractivity contribution is 5.89. The van der Waals surface area contributed by atoms with Crippen LogP contribution in [0.2, 0.25) is 0 Å². The Bertz CT molecular complexity index is 579. The summed E-state index contributed by atoms with van der Waals surface area (Å²) in [6, 6.07) is 5.32. The van der Waals surface area contributed by atoms with Gasteiger partial charge in [-0.25, -0.2) is 13.6 Å². The Labute approximate surface area is 142 Å². The van der Waals surface area contributed by atoms with E-state index in [0.29, 0.717) is 18.8 Å². The summed E-state index contributed by atoms with van der Waals surface area (Å²) in [5, 5.41) is 5.42. The largest absolute Gasteiger partial charge is 0.377 e. The SMILES string of the molecule is CC(F)(F)c1cccc(NC(=O)NC[C@H]2CCO[C@@H]2C(C)(C)C)c1. The summed E-state index contributed by atoms with van der Waals surface area (Å²) in [5.41, 5.74) is 0.235. The second kappa shape index (κ2) is 7.05. The number of rotatable bonds is 4. The van der Waals surface area contributed by atoms with Crippen LogP contribution in [0.25, 0.3) is 0 Å². The lowest BCUT2D eigenvalue weighted by Crippen LogP contribution is -2.40. The molecule has 0 aliphatic carbocycles. The minimum atomic E-state index is -2.94. The molecule has 1 fully saturated rings. The van der Waals surface area contributed by atoms with Crippen molar-refractivity contribution in [2.45, 2.75) is 46.1 Å². The first-order valence-electron chi connectivity index (χ1n) is 8.22. The maximum atomic E-state index is 13.3. The number of urea groups is 1. The molecule has 24 heavy (non-hydrogen) atoms. The highest BCUT2D eigenvalue weighted by Gasteiger charge is 2.37. The van der Waals surface area contributed by atoms with Gasteiger partial charge in [-0.2, -0.15) is 0 Å². The molecule has 1 aromatic carbocycles. The van der Waals surface area contributed by atoms with Crippen LogP contribution in [-0.4, -0.2) is 25.3 Å². The van der Waals surface area contributed by atoms with Crippen LogP contribution in [-0.2, 0) is 10.7 Å². The normalized spacial score (nSPS) is 21.6. The maximum absolute atomic E-state index is 13.3. The summed E-state index contributed by atoms with van der Waals surface area (Å²) in [7, 11) is 0. The quantitative estimate of drug-likeness (QED) is 0.855. The molecule has 2 rings (SSSR count). The first-order valence-corrected chi connectivity index (χ1v) is 8.22. The third kappa shape index (κ3) is 4.90. The number of carbonyl (C=O) groups excluding carboxylic acids is 1. The van der Waals surface area contributed by atoms with Crippen LogP contribution in [0.1, 0.15) is 39.7 Å². The summed E-state index contributed by atoms with van der Waals surface area (Å²) >= 11 is 0. The molecular formula is C18H26F2N2O2. The molecule has 1 aliphatic heterocycles. The third-order valence-electron chi connectivity index (χ3n) is 4.22. The molecule has 0 unspecified atom stereocenters. The van der Waals surface area contributed by atoms with Crippen molar-refractivity contribution in [2.75, 3.05) is 18.5 Å². The summed E-state index contributed by atoms with van der Waals surface area (Å²) in [4.78, 5) is 12.0. The van der Waals surface area contributed by atoms with Gasteiger partial charge in [0.2, 0.25) is 0 Å². The standard InChI is InChI=1S/C18H26F2N2O2/c1-17(2,3)15-12(8-9-24-15)11-21-16(23)22-14-7-5-6-13(10-14)18(4,19)20/h5-7,10,12,15H,8-9,11H2,1-4H3,(H2,21,22,23)/t12-,15+/m1/s1. The van der Waals surface area contributed by atoms with Gasteiger partial charge in [-0.05, 0) is 24.0 Å². The molecule has 1 saturated heterocycles. The van der Waals surface area contributed by atoms with Crippen molar-refractivity contribution in [3.8, 4) is 0 Å². The van der Waals surface area contributed by atoms with Crippen LogP contribution in [0.5, 0.6) is 0 Å². The minimum Gasteiger partial charge on any atom is -0.377 e. The summed E-state index contributed by atoms with van der Waals surface area (Å²) in [6.45, 7) is 8.38. The van der Waals surface area contributed by atoms with Crippen molar-refractivity contribution in [1.29, 1.82) is 0 Å². The van der Waals surface area contributed by atoms with Crippen LogP contribution >= 0.6 is 0 Å². The van der Waals surface area contributed by atoms with Gasteiger partial charge in [0, 0.05) is 37.2 Å². The average molecular weight is 340 g/mol. The van der Waals surface area contributed by atoms with Crippen molar-refractivity contribution in [3.05, 3.63) is 29.8 Å². The van der Waals surface area contributed by atoms with E-state index in [9.17, 15) is 13.6 Å². The Kier molecular flexibility index (Phi) is 5.48. The predicted octanol–water partition coefficient (Wildman–Crippen LogP) is 4.37. The van der Waals surface area contributed by atoms with E-state index in [1.54, 1.807) is 6.07 Å². The number of benzene rings is 1. The molecule has 4 nitrogen and oxygen atoms in total.